The Labute approximate surface area is 147 Å². The number of amides is 2. The van der Waals surface area contributed by atoms with Crippen molar-refractivity contribution in [2.45, 2.75) is 6.42 Å². The average molecular weight is 370 g/mol. The maximum absolute atomic E-state index is 13.4. The van der Waals surface area contributed by atoms with Gasteiger partial charge < -0.3 is 10.1 Å². The van der Waals surface area contributed by atoms with Gasteiger partial charge in [-0.2, -0.15) is 0 Å². The van der Waals surface area contributed by atoms with Crippen LogP contribution in [0.4, 0.5) is 4.39 Å². The van der Waals surface area contributed by atoms with Crippen molar-refractivity contribution < 1.29 is 23.5 Å². The summed E-state index contributed by atoms with van der Waals surface area (Å²) < 4.78 is 18.7. The van der Waals surface area contributed by atoms with Gasteiger partial charge in [-0.1, -0.05) is 42.2 Å². The van der Waals surface area contributed by atoms with Gasteiger partial charge in [-0.15, -0.1) is 0 Å². The van der Waals surface area contributed by atoms with E-state index in [9.17, 15) is 18.8 Å². The Morgan fingerprint density at radius 3 is 2.79 bits per heavy atom. The van der Waals surface area contributed by atoms with Gasteiger partial charge in [-0.3, -0.25) is 19.3 Å². The molecule has 2 amide bonds. The van der Waals surface area contributed by atoms with E-state index in [1.54, 1.807) is 6.07 Å². The Morgan fingerprint density at radius 2 is 2.12 bits per heavy atom. The zero-order valence-corrected chi connectivity index (χ0v) is 14.3. The SMILES string of the molecule is O=C(COC(=O)Cc1ccccc1F)NCCN1C(=O)CSC1=S. The van der Waals surface area contributed by atoms with Crippen molar-refractivity contribution in [2.75, 3.05) is 25.4 Å². The molecule has 0 radical (unpaired) electrons. The van der Waals surface area contributed by atoms with E-state index in [1.165, 1.54) is 34.9 Å². The Morgan fingerprint density at radius 1 is 1.38 bits per heavy atom. The number of benzene rings is 1. The molecule has 1 aliphatic rings. The lowest BCUT2D eigenvalue weighted by Gasteiger charge is -2.15. The van der Waals surface area contributed by atoms with Crippen molar-refractivity contribution in [1.82, 2.24) is 10.2 Å². The zero-order chi connectivity index (χ0) is 17.5. The van der Waals surface area contributed by atoms with Crippen LogP contribution in [0.1, 0.15) is 5.56 Å². The third-order valence-corrected chi connectivity index (χ3v) is 4.59. The molecule has 2 rings (SSSR count). The van der Waals surface area contributed by atoms with Gasteiger partial charge in [0.2, 0.25) is 5.91 Å². The summed E-state index contributed by atoms with van der Waals surface area (Å²) in [6.45, 7) is 0.0240. The third kappa shape index (κ3) is 5.27. The number of carbonyl (C=O) groups is 3. The van der Waals surface area contributed by atoms with E-state index < -0.39 is 24.3 Å². The molecule has 0 spiro atoms. The minimum Gasteiger partial charge on any atom is -0.455 e. The van der Waals surface area contributed by atoms with E-state index in [1.807, 2.05) is 0 Å². The number of ether oxygens (including phenoxy) is 1. The molecule has 0 aromatic heterocycles. The van der Waals surface area contributed by atoms with Crippen LogP contribution in [0.5, 0.6) is 0 Å². The van der Waals surface area contributed by atoms with Gasteiger partial charge in [0, 0.05) is 13.1 Å². The van der Waals surface area contributed by atoms with Crippen LogP contribution in [0.15, 0.2) is 24.3 Å². The van der Waals surface area contributed by atoms with Gasteiger partial charge >= 0.3 is 5.97 Å². The second-order valence-corrected chi connectivity index (χ2v) is 6.49. The molecule has 0 unspecified atom stereocenters. The molecule has 128 valence electrons. The predicted molar refractivity (Wildman–Crippen MR) is 90.8 cm³/mol. The summed E-state index contributed by atoms with van der Waals surface area (Å²) in [4.78, 5) is 36.1. The molecule has 1 fully saturated rings. The fourth-order valence-electron chi connectivity index (χ4n) is 1.95. The maximum atomic E-state index is 13.4. The van der Waals surface area contributed by atoms with E-state index in [0.29, 0.717) is 10.1 Å². The molecule has 0 saturated carbocycles. The normalized spacial score (nSPS) is 14.0. The molecule has 9 heteroatoms. The highest BCUT2D eigenvalue weighted by Gasteiger charge is 2.25. The highest BCUT2D eigenvalue weighted by Crippen LogP contribution is 2.18. The quantitative estimate of drug-likeness (QED) is 0.568. The summed E-state index contributed by atoms with van der Waals surface area (Å²) in [5, 5.41) is 2.53. The smallest absolute Gasteiger partial charge is 0.310 e. The lowest BCUT2D eigenvalue weighted by atomic mass is 10.1. The number of nitrogens with zero attached hydrogens (tertiary/aromatic N) is 1. The van der Waals surface area contributed by atoms with Gasteiger partial charge in [-0.25, -0.2) is 4.39 Å². The minimum absolute atomic E-state index is 0.0874. The second-order valence-electron chi connectivity index (χ2n) is 4.88. The summed E-state index contributed by atoms with van der Waals surface area (Å²) in [6, 6.07) is 5.86. The standard InChI is InChI=1S/C15H15FN2O4S2/c16-11-4-2-1-3-10(11)7-14(21)22-8-12(19)17-5-6-18-13(20)9-24-15(18)23/h1-4H,5-9H2,(H,17,19). The highest BCUT2D eigenvalue weighted by molar-refractivity contribution is 8.23. The topological polar surface area (TPSA) is 75.7 Å². The van der Waals surface area contributed by atoms with Crippen LogP contribution in [0.25, 0.3) is 0 Å². The summed E-state index contributed by atoms with van der Waals surface area (Å²) in [7, 11) is 0. The molecule has 1 heterocycles. The number of nitrogens with one attached hydrogen (secondary N) is 1. The number of hydrogen-bond acceptors (Lipinski definition) is 6. The van der Waals surface area contributed by atoms with E-state index in [0.717, 1.165) is 0 Å². The molecular formula is C15H15FN2O4S2. The number of hydrogen-bond donors (Lipinski definition) is 1. The van der Waals surface area contributed by atoms with Crippen LogP contribution in [-0.4, -0.2) is 52.5 Å². The van der Waals surface area contributed by atoms with Crippen molar-refractivity contribution in [3.8, 4) is 0 Å². The second kappa shape index (κ2) is 8.74. The number of thiocarbonyl (C=S) groups is 1. The van der Waals surface area contributed by atoms with Crippen LogP contribution in [-0.2, 0) is 25.5 Å². The van der Waals surface area contributed by atoms with Crippen molar-refractivity contribution >= 4 is 46.1 Å². The first-order valence-electron chi connectivity index (χ1n) is 7.10. The van der Waals surface area contributed by atoms with Gasteiger partial charge in [0.25, 0.3) is 5.91 Å². The van der Waals surface area contributed by atoms with E-state index >= 15 is 0 Å². The molecule has 1 aromatic rings. The lowest BCUT2D eigenvalue weighted by molar-refractivity contribution is -0.147. The van der Waals surface area contributed by atoms with Crippen molar-refractivity contribution in [2.24, 2.45) is 0 Å². The lowest BCUT2D eigenvalue weighted by Crippen LogP contribution is -2.38. The Balaban J connectivity index is 1.66. The molecule has 1 saturated heterocycles. The van der Waals surface area contributed by atoms with Gasteiger partial charge in [-0.05, 0) is 11.6 Å². The van der Waals surface area contributed by atoms with E-state index in [2.05, 4.69) is 5.32 Å². The van der Waals surface area contributed by atoms with E-state index in [-0.39, 0.29) is 31.0 Å². The predicted octanol–water partition coefficient (Wildman–Crippen LogP) is 0.888. The Kier molecular flexibility index (Phi) is 6.68. The fraction of sp³-hybridized carbons (Fsp3) is 0.333. The molecule has 1 N–H and O–H groups in total. The number of thioether (sulfide) groups is 1. The molecule has 0 bridgehead atoms. The summed E-state index contributed by atoms with van der Waals surface area (Å²) in [6.07, 6.45) is -0.242. The van der Waals surface area contributed by atoms with E-state index in [4.69, 9.17) is 17.0 Å². The molecule has 6 nitrogen and oxygen atoms in total. The van der Waals surface area contributed by atoms with Crippen molar-refractivity contribution in [3.63, 3.8) is 0 Å². The van der Waals surface area contributed by atoms with Crippen LogP contribution < -0.4 is 5.32 Å². The first-order chi connectivity index (χ1) is 11.5. The minimum atomic E-state index is -0.692. The van der Waals surface area contributed by atoms with Gasteiger partial charge in [0.05, 0.1) is 12.2 Å². The Hall–Kier alpha value is -2.00. The van der Waals surface area contributed by atoms with Crippen LogP contribution in [0, 0.1) is 5.82 Å². The monoisotopic (exact) mass is 370 g/mol. The number of rotatable bonds is 7. The first-order valence-corrected chi connectivity index (χ1v) is 8.49. The fourth-order valence-corrected chi connectivity index (χ4v) is 3.07. The number of carbonyl (C=O) groups excluding carboxylic acids is 3. The summed E-state index contributed by atoms with van der Waals surface area (Å²) >= 11 is 6.29. The van der Waals surface area contributed by atoms with Crippen LogP contribution in [0.2, 0.25) is 0 Å². The third-order valence-electron chi connectivity index (χ3n) is 3.16. The van der Waals surface area contributed by atoms with Crippen LogP contribution in [0.3, 0.4) is 0 Å². The Bertz CT molecular complexity index is 653. The maximum Gasteiger partial charge on any atom is 0.310 e. The summed E-state index contributed by atoms with van der Waals surface area (Å²) in [5.41, 5.74) is 0.210. The summed E-state index contributed by atoms with van der Waals surface area (Å²) in [5.74, 6) is -1.45. The number of halogens is 1. The molecule has 0 aliphatic carbocycles. The van der Waals surface area contributed by atoms with Crippen LogP contribution >= 0.6 is 24.0 Å². The van der Waals surface area contributed by atoms with Gasteiger partial charge in [0.1, 0.15) is 10.1 Å². The molecule has 1 aliphatic heterocycles. The highest BCUT2D eigenvalue weighted by atomic mass is 32.2. The molecule has 1 aromatic carbocycles. The average Bonchev–Trinajstić information content (AvgIpc) is 2.87. The first kappa shape index (κ1) is 18.3. The zero-order valence-electron chi connectivity index (χ0n) is 12.6. The van der Waals surface area contributed by atoms with Crippen molar-refractivity contribution in [3.05, 3.63) is 35.6 Å². The largest absolute Gasteiger partial charge is 0.455 e. The molecular weight excluding hydrogens is 355 g/mol. The molecule has 24 heavy (non-hydrogen) atoms. The van der Waals surface area contributed by atoms with Gasteiger partial charge in [0.15, 0.2) is 6.61 Å². The molecule has 0 atom stereocenters. The van der Waals surface area contributed by atoms with Crippen molar-refractivity contribution in [1.29, 1.82) is 0 Å². The number of esters is 1.